The second-order valence-corrected chi connectivity index (χ2v) is 13.5. The van der Waals surface area contributed by atoms with Gasteiger partial charge >= 0.3 is 6.18 Å². The van der Waals surface area contributed by atoms with Crippen LogP contribution in [0.3, 0.4) is 0 Å². The Labute approximate surface area is 233 Å². The van der Waals surface area contributed by atoms with Crippen LogP contribution in [0.25, 0.3) is 28.1 Å². The third kappa shape index (κ3) is 6.31. The summed E-state index contributed by atoms with van der Waals surface area (Å²) in [6.07, 6.45) is -1.08. The Balaban J connectivity index is 1.43. The van der Waals surface area contributed by atoms with Crippen LogP contribution in [0, 0.1) is 5.82 Å². The van der Waals surface area contributed by atoms with Crippen molar-refractivity contribution in [1.82, 2.24) is 19.4 Å². The van der Waals surface area contributed by atoms with Crippen molar-refractivity contribution in [3.63, 3.8) is 0 Å². The lowest BCUT2D eigenvalue weighted by Gasteiger charge is -2.41. The molecule has 40 heavy (non-hydrogen) atoms. The summed E-state index contributed by atoms with van der Waals surface area (Å²) < 4.78 is 82.2. The number of hydrogen-bond acceptors (Lipinski definition) is 7. The van der Waals surface area contributed by atoms with Crippen molar-refractivity contribution in [2.24, 2.45) is 0 Å². The molecule has 0 atom stereocenters. The molecule has 1 aromatic carbocycles. The predicted molar refractivity (Wildman–Crippen MR) is 146 cm³/mol. The van der Waals surface area contributed by atoms with Gasteiger partial charge in [-0.05, 0) is 62.6 Å². The van der Waals surface area contributed by atoms with Crippen LogP contribution in [0.15, 0.2) is 47.4 Å². The molecule has 214 valence electrons. The lowest BCUT2D eigenvalue weighted by molar-refractivity contribution is -0.153. The molecule has 0 radical (unpaired) electrons. The van der Waals surface area contributed by atoms with E-state index in [9.17, 15) is 26.0 Å². The van der Waals surface area contributed by atoms with E-state index in [0.29, 0.717) is 42.2 Å². The van der Waals surface area contributed by atoms with E-state index in [2.05, 4.69) is 28.5 Å². The molecule has 0 N–H and O–H groups in total. The summed E-state index contributed by atoms with van der Waals surface area (Å²) >= 11 is 1.44. The van der Waals surface area contributed by atoms with E-state index in [-0.39, 0.29) is 17.0 Å². The zero-order valence-corrected chi connectivity index (χ0v) is 23.5. The Morgan fingerprint density at radius 1 is 1.10 bits per heavy atom. The van der Waals surface area contributed by atoms with E-state index in [1.807, 2.05) is 22.2 Å². The third-order valence-electron chi connectivity index (χ3n) is 7.23. The smallest absolute Gasteiger partial charge is 0.422 e. The van der Waals surface area contributed by atoms with Gasteiger partial charge in [-0.3, -0.25) is 9.47 Å². The second-order valence-electron chi connectivity index (χ2n) is 10.4. The largest absolute Gasteiger partial charge is 0.481 e. The minimum atomic E-state index is -4.57. The number of halogens is 4. The summed E-state index contributed by atoms with van der Waals surface area (Å²) in [6, 6.07) is 7.41. The quantitative estimate of drug-likeness (QED) is 0.244. The van der Waals surface area contributed by atoms with Gasteiger partial charge in [-0.2, -0.15) is 13.2 Å². The molecule has 1 aliphatic rings. The molecule has 1 fully saturated rings. The number of nitrogens with zero attached hydrogens (tertiary/aromatic N) is 4. The van der Waals surface area contributed by atoms with Gasteiger partial charge in [0.2, 0.25) is 0 Å². The molecular weight excluding hydrogens is 568 g/mol. The Morgan fingerprint density at radius 3 is 2.50 bits per heavy atom. The molecule has 0 aliphatic carbocycles. The van der Waals surface area contributed by atoms with Crippen molar-refractivity contribution < 1.29 is 30.7 Å². The lowest BCUT2D eigenvalue weighted by Crippen LogP contribution is -2.51. The molecule has 0 amide bonds. The highest BCUT2D eigenvalue weighted by Gasteiger charge is 2.32. The number of rotatable bonds is 8. The number of hydrogen-bond donors (Lipinski definition) is 0. The third-order valence-corrected chi connectivity index (χ3v) is 9.41. The van der Waals surface area contributed by atoms with E-state index >= 15 is 0 Å². The normalized spacial score (nSPS) is 16.4. The molecule has 0 saturated carbocycles. The molecule has 3 aromatic heterocycles. The number of sulfone groups is 1. The van der Waals surface area contributed by atoms with Crippen LogP contribution in [-0.4, -0.2) is 70.8 Å². The number of pyridine rings is 1. The van der Waals surface area contributed by atoms with Crippen molar-refractivity contribution in [2.45, 2.75) is 38.4 Å². The maximum atomic E-state index is 14.6. The minimum Gasteiger partial charge on any atom is -0.481 e. The lowest BCUT2D eigenvalue weighted by atomic mass is 9.93. The molecular formula is C27H28F4N4O3S2. The summed E-state index contributed by atoms with van der Waals surface area (Å²) in [5, 5.41) is 2.79. The van der Waals surface area contributed by atoms with Gasteiger partial charge in [-0.15, -0.1) is 11.3 Å². The summed E-state index contributed by atoms with van der Waals surface area (Å²) in [7, 11) is -2.97. The maximum Gasteiger partial charge on any atom is 0.422 e. The van der Waals surface area contributed by atoms with Gasteiger partial charge in [-0.25, -0.2) is 22.8 Å². The van der Waals surface area contributed by atoms with Crippen LogP contribution in [-0.2, 0) is 16.3 Å². The van der Waals surface area contributed by atoms with Crippen molar-refractivity contribution >= 4 is 32.2 Å². The highest BCUT2D eigenvalue weighted by molar-refractivity contribution is 7.91. The molecule has 4 aromatic rings. The van der Waals surface area contributed by atoms with Crippen LogP contribution >= 0.6 is 11.3 Å². The fourth-order valence-electron chi connectivity index (χ4n) is 4.88. The van der Waals surface area contributed by atoms with E-state index < -0.39 is 34.2 Å². The van der Waals surface area contributed by atoms with Crippen LogP contribution in [0.4, 0.5) is 17.6 Å². The number of aryl methyl sites for hydroxylation is 1. The predicted octanol–water partition coefficient (Wildman–Crippen LogP) is 5.67. The molecule has 0 spiro atoms. The molecule has 1 aliphatic heterocycles. The number of fused-ring (bicyclic) bond motifs is 1. The Bertz CT molecular complexity index is 1600. The number of benzene rings is 1. The zero-order chi connectivity index (χ0) is 28.7. The number of alkyl halides is 3. The highest BCUT2D eigenvalue weighted by Crippen LogP contribution is 2.32. The molecule has 0 unspecified atom stereocenters. The van der Waals surface area contributed by atoms with Crippen molar-refractivity contribution in [3.05, 3.63) is 58.8 Å². The zero-order valence-electron chi connectivity index (χ0n) is 21.9. The van der Waals surface area contributed by atoms with Gasteiger partial charge in [0.25, 0.3) is 0 Å². The number of aromatic nitrogens is 3. The van der Waals surface area contributed by atoms with E-state index in [1.54, 1.807) is 11.6 Å². The highest BCUT2D eigenvalue weighted by atomic mass is 32.2. The van der Waals surface area contributed by atoms with Crippen LogP contribution in [0.2, 0.25) is 0 Å². The standard InChI is InChI=1S/C27H28F4N4O3S2/c1-26(2,34-9-11-40(36,37)12-10-34)8-7-19-14-35(24-15-39-17-32-24)25-20(19)4-5-22(33-25)18-3-6-23(21(28)13-18)38-16-27(29,30)31/h3-6,13-15,17H,7-12,16H2,1-2H3. The second kappa shape index (κ2) is 10.7. The maximum absolute atomic E-state index is 14.6. The molecule has 5 rings (SSSR count). The van der Waals surface area contributed by atoms with Gasteiger partial charge in [0.15, 0.2) is 28.0 Å². The first-order valence-electron chi connectivity index (χ1n) is 12.7. The van der Waals surface area contributed by atoms with Gasteiger partial charge in [0.05, 0.1) is 22.7 Å². The van der Waals surface area contributed by atoms with Gasteiger partial charge in [0.1, 0.15) is 11.5 Å². The molecule has 13 heteroatoms. The summed E-state index contributed by atoms with van der Waals surface area (Å²) in [5.41, 5.74) is 4.01. The van der Waals surface area contributed by atoms with E-state index in [0.717, 1.165) is 23.4 Å². The van der Waals surface area contributed by atoms with E-state index in [1.165, 1.54) is 23.5 Å². The van der Waals surface area contributed by atoms with Crippen LogP contribution in [0.5, 0.6) is 5.75 Å². The van der Waals surface area contributed by atoms with Crippen LogP contribution in [0.1, 0.15) is 25.8 Å². The summed E-state index contributed by atoms with van der Waals surface area (Å²) in [6.45, 7) is 3.69. The first-order chi connectivity index (χ1) is 18.8. The average Bonchev–Trinajstić information content (AvgIpc) is 3.54. The summed E-state index contributed by atoms with van der Waals surface area (Å²) in [5.74, 6) is -0.366. The number of thiazole rings is 1. The fraction of sp³-hybridized carbons (Fsp3) is 0.407. The van der Waals surface area contributed by atoms with Gasteiger partial charge in [0, 0.05) is 41.2 Å². The molecule has 7 nitrogen and oxygen atoms in total. The average molecular weight is 597 g/mol. The van der Waals surface area contributed by atoms with Crippen LogP contribution < -0.4 is 4.74 Å². The number of ether oxygens (including phenoxy) is 1. The Morgan fingerprint density at radius 2 is 1.85 bits per heavy atom. The first-order valence-corrected chi connectivity index (χ1v) is 15.4. The Hall–Kier alpha value is -3.03. The van der Waals surface area contributed by atoms with Crippen molar-refractivity contribution in [3.8, 4) is 22.8 Å². The first kappa shape index (κ1) is 28.5. The monoisotopic (exact) mass is 596 g/mol. The minimum absolute atomic E-state index is 0.169. The van der Waals surface area contributed by atoms with Gasteiger partial charge in [-0.1, -0.05) is 0 Å². The molecule has 1 saturated heterocycles. The molecule has 4 heterocycles. The van der Waals surface area contributed by atoms with Crippen molar-refractivity contribution in [2.75, 3.05) is 31.2 Å². The molecule has 0 bridgehead atoms. The van der Waals surface area contributed by atoms with Gasteiger partial charge < -0.3 is 4.74 Å². The topological polar surface area (TPSA) is 77.3 Å². The SMILES string of the molecule is CC(C)(CCc1cn(-c2cscn2)c2nc(-c3ccc(OCC(F)(F)F)c(F)c3)ccc12)N1CCS(=O)(=O)CC1. The Kier molecular flexibility index (Phi) is 7.66. The van der Waals surface area contributed by atoms with Crippen molar-refractivity contribution in [1.29, 1.82) is 0 Å². The summed E-state index contributed by atoms with van der Waals surface area (Å²) in [4.78, 5) is 11.4. The van der Waals surface area contributed by atoms with E-state index in [4.69, 9.17) is 4.98 Å². The fourth-order valence-corrected chi connectivity index (χ4v) is 6.61.